The van der Waals surface area contributed by atoms with Gasteiger partial charge in [-0.3, -0.25) is 9.10 Å². The van der Waals surface area contributed by atoms with Gasteiger partial charge in [0, 0.05) is 12.0 Å². The van der Waals surface area contributed by atoms with Crippen LogP contribution < -0.4 is 14.4 Å². The molecule has 0 radical (unpaired) electrons. The monoisotopic (exact) mass is 434 g/mol. The molecule has 162 valence electrons. The second-order valence-corrected chi connectivity index (χ2v) is 10.2. The molecule has 6 nitrogen and oxygen atoms in total. The molecular formula is C22H27FN2O4S. The quantitative estimate of drug-likeness (QED) is 0.779. The summed E-state index contributed by atoms with van der Waals surface area (Å²) in [6.45, 7) is 7.27. The van der Waals surface area contributed by atoms with E-state index in [9.17, 15) is 17.6 Å². The largest absolute Gasteiger partial charge is 0.487 e. The third kappa shape index (κ3) is 4.59. The molecule has 1 aliphatic rings. The predicted molar refractivity (Wildman–Crippen MR) is 115 cm³/mol. The van der Waals surface area contributed by atoms with Crippen molar-refractivity contribution in [3.8, 4) is 5.75 Å². The molecule has 0 saturated heterocycles. The Kier molecular flexibility index (Phi) is 5.82. The van der Waals surface area contributed by atoms with Crippen molar-refractivity contribution in [3.63, 3.8) is 0 Å². The topological polar surface area (TPSA) is 75.7 Å². The van der Waals surface area contributed by atoms with Gasteiger partial charge in [-0.05, 0) is 51.5 Å². The number of halogens is 1. The van der Waals surface area contributed by atoms with Gasteiger partial charge < -0.3 is 10.1 Å². The van der Waals surface area contributed by atoms with Gasteiger partial charge in [-0.15, -0.1) is 0 Å². The molecule has 0 aliphatic carbocycles. The van der Waals surface area contributed by atoms with E-state index in [1.807, 2.05) is 39.0 Å². The lowest BCUT2D eigenvalue weighted by molar-refractivity contribution is -0.123. The number of amides is 1. The first-order chi connectivity index (χ1) is 13.9. The molecule has 8 heteroatoms. The van der Waals surface area contributed by atoms with Crippen LogP contribution in [-0.2, 0) is 14.8 Å². The Balaban J connectivity index is 1.92. The highest BCUT2D eigenvalue weighted by molar-refractivity contribution is 7.92. The van der Waals surface area contributed by atoms with Crippen LogP contribution in [0.15, 0.2) is 42.5 Å². The first kappa shape index (κ1) is 22.1. The highest BCUT2D eigenvalue weighted by Crippen LogP contribution is 2.40. The van der Waals surface area contributed by atoms with Crippen molar-refractivity contribution >= 4 is 21.6 Å². The van der Waals surface area contributed by atoms with Crippen molar-refractivity contribution in [1.82, 2.24) is 5.32 Å². The molecule has 1 aliphatic heterocycles. The third-order valence-corrected chi connectivity index (χ3v) is 6.35. The fourth-order valence-corrected chi connectivity index (χ4v) is 4.97. The normalized spacial score (nSPS) is 18.7. The van der Waals surface area contributed by atoms with Crippen molar-refractivity contribution in [3.05, 3.63) is 59.4 Å². The molecule has 0 unspecified atom stereocenters. The van der Waals surface area contributed by atoms with E-state index in [-0.39, 0.29) is 11.7 Å². The maximum absolute atomic E-state index is 14.3. The number of anilines is 1. The Morgan fingerprint density at radius 1 is 1.27 bits per heavy atom. The summed E-state index contributed by atoms with van der Waals surface area (Å²) in [7, 11) is -3.91. The van der Waals surface area contributed by atoms with Crippen molar-refractivity contribution in [1.29, 1.82) is 0 Å². The van der Waals surface area contributed by atoms with E-state index in [1.54, 1.807) is 0 Å². The SMILES string of the molecule is Cc1ccc2c(c1)OC(C)(C)C[C@H]2NC(=O)[C@H](C)N(c1ccccc1F)S(C)(=O)=O. The minimum atomic E-state index is -3.91. The van der Waals surface area contributed by atoms with E-state index in [2.05, 4.69) is 5.32 Å². The van der Waals surface area contributed by atoms with Crippen molar-refractivity contribution in [2.24, 2.45) is 0 Å². The van der Waals surface area contributed by atoms with Gasteiger partial charge in [0.05, 0.1) is 18.0 Å². The van der Waals surface area contributed by atoms with Crippen LogP contribution in [0.2, 0.25) is 0 Å². The van der Waals surface area contributed by atoms with Crippen LogP contribution in [0.25, 0.3) is 0 Å². The highest BCUT2D eigenvalue weighted by Gasteiger charge is 2.37. The summed E-state index contributed by atoms with van der Waals surface area (Å²) >= 11 is 0. The Labute approximate surface area is 177 Å². The Bertz CT molecular complexity index is 1070. The standard InChI is InChI=1S/C22H27FN2O4S/c1-14-10-11-16-18(13-22(3,4)29-20(16)12-14)24-21(26)15(2)25(30(5,27)28)19-9-7-6-8-17(19)23/h6-12,15,18H,13H2,1-5H3,(H,24,26)/t15-,18+/m0/s1. The number of carbonyl (C=O) groups is 1. The van der Waals surface area contributed by atoms with Gasteiger partial charge in [0.25, 0.3) is 0 Å². The molecule has 2 aromatic rings. The molecule has 2 aromatic carbocycles. The van der Waals surface area contributed by atoms with Gasteiger partial charge in [0.1, 0.15) is 23.2 Å². The average molecular weight is 435 g/mol. The summed E-state index contributed by atoms with van der Waals surface area (Å²) in [5.41, 5.74) is 1.19. The smallest absolute Gasteiger partial charge is 0.244 e. The number of benzene rings is 2. The first-order valence-corrected chi connectivity index (χ1v) is 11.6. The fourth-order valence-electron chi connectivity index (χ4n) is 3.79. The third-order valence-electron chi connectivity index (χ3n) is 5.12. The minimum absolute atomic E-state index is 0.161. The molecule has 3 rings (SSSR count). The average Bonchev–Trinajstić information content (AvgIpc) is 2.61. The zero-order chi connectivity index (χ0) is 22.3. The maximum Gasteiger partial charge on any atom is 0.244 e. The number of sulfonamides is 1. The molecule has 1 N–H and O–H groups in total. The molecule has 1 amide bonds. The summed E-state index contributed by atoms with van der Waals surface area (Å²) < 4.78 is 46.0. The van der Waals surface area contributed by atoms with Crippen molar-refractivity contribution in [2.75, 3.05) is 10.6 Å². The Morgan fingerprint density at radius 3 is 2.57 bits per heavy atom. The number of fused-ring (bicyclic) bond motifs is 1. The van der Waals surface area contributed by atoms with E-state index >= 15 is 0 Å². The van der Waals surface area contributed by atoms with E-state index in [0.29, 0.717) is 12.2 Å². The summed E-state index contributed by atoms with van der Waals surface area (Å²) in [6.07, 6.45) is 1.47. The number of hydrogen-bond acceptors (Lipinski definition) is 4. The number of carbonyl (C=O) groups excluding carboxylic acids is 1. The van der Waals surface area contributed by atoms with Gasteiger partial charge in [0.15, 0.2) is 0 Å². The molecule has 0 bridgehead atoms. The number of rotatable bonds is 5. The van der Waals surface area contributed by atoms with E-state index in [0.717, 1.165) is 27.8 Å². The van der Waals surface area contributed by atoms with Crippen LogP contribution >= 0.6 is 0 Å². The lowest BCUT2D eigenvalue weighted by Gasteiger charge is -2.39. The second-order valence-electron chi connectivity index (χ2n) is 8.35. The van der Waals surface area contributed by atoms with Gasteiger partial charge >= 0.3 is 0 Å². The van der Waals surface area contributed by atoms with Gasteiger partial charge in [-0.2, -0.15) is 0 Å². The van der Waals surface area contributed by atoms with Crippen molar-refractivity contribution < 1.29 is 22.3 Å². The molecule has 0 saturated carbocycles. The number of aryl methyl sites for hydroxylation is 1. The summed E-state index contributed by atoms with van der Waals surface area (Å²) in [5, 5.41) is 2.94. The number of ether oxygens (including phenoxy) is 1. The highest BCUT2D eigenvalue weighted by atomic mass is 32.2. The maximum atomic E-state index is 14.3. The van der Waals surface area contributed by atoms with Crippen LogP contribution in [0, 0.1) is 12.7 Å². The molecule has 0 spiro atoms. The lowest BCUT2D eigenvalue weighted by Crippen LogP contribution is -2.50. The van der Waals surface area contributed by atoms with Crippen LogP contribution in [0.5, 0.6) is 5.75 Å². The van der Waals surface area contributed by atoms with Gasteiger partial charge in [0.2, 0.25) is 15.9 Å². The number of nitrogens with one attached hydrogen (secondary N) is 1. The van der Waals surface area contributed by atoms with Gasteiger partial charge in [-0.25, -0.2) is 12.8 Å². The molecular weight excluding hydrogens is 407 g/mol. The van der Waals surface area contributed by atoms with E-state index in [1.165, 1.54) is 25.1 Å². The predicted octanol–water partition coefficient (Wildman–Crippen LogP) is 3.71. The summed E-state index contributed by atoms with van der Waals surface area (Å²) in [5.74, 6) is -0.535. The second kappa shape index (κ2) is 7.91. The number of nitrogens with zero attached hydrogens (tertiary/aromatic N) is 1. The molecule has 1 heterocycles. The Hall–Kier alpha value is -2.61. The fraction of sp³-hybridized carbons (Fsp3) is 0.409. The van der Waals surface area contributed by atoms with E-state index < -0.39 is 33.4 Å². The summed E-state index contributed by atoms with van der Waals surface area (Å²) in [4.78, 5) is 13.1. The zero-order valence-electron chi connectivity index (χ0n) is 17.8. The molecule has 2 atom stereocenters. The van der Waals surface area contributed by atoms with Crippen molar-refractivity contribution in [2.45, 2.75) is 51.8 Å². The van der Waals surface area contributed by atoms with E-state index in [4.69, 9.17) is 4.74 Å². The molecule has 30 heavy (non-hydrogen) atoms. The van der Waals surface area contributed by atoms with Crippen LogP contribution in [0.3, 0.4) is 0 Å². The Morgan fingerprint density at radius 2 is 1.93 bits per heavy atom. The summed E-state index contributed by atoms with van der Waals surface area (Å²) in [6, 6.07) is 9.76. The van der Waals surface area contributed by atoms with Crippen LogP contribution in [0.4, 0.5) is 10.1 Å². The zero-order valence-corrected chi connectivity index (χ0v) is 18.6. The first-order valence-electron chi connectivity index (χ1n) is 9.73. The van der Waals surface area contributed by atoms with Gasteiger partial charge in [-0.1, -0.05) is 24.3 Å². The van der Waals surface area contributed by atoms with Crippen LogP contribution in [-0.4, -0.2) is 32.2 Å². The number of para-hydroxylation sites is 1. The molecule has 0 aromatic heterocycles. The molecule has 0 fully saturated rings. The number of hydrogen-bond donors (Lipinski definition) is 1. The lowest BCUT2D eigenvalue weighted by atomic mass is 9.89. The minimum Gasteiger partial charge on any atom is -0.487 e. The van der Waals surface area contributed by atoms with Crippen LogP contribution in [0.1, 0.15) is 44.4 Å².